The van der Waals surface area contributed by atoms with Gasteiger partial charge in [0.25, 0.3) is 0 Å². The zero-order chi connectivity index (χ0) is 19.9. The summed E-state index contributed by atoms with van der Waals surface area (Å²) in [7, 11) is 0. The zero-order valence-electron chi connectivity index (χ0n) is 17.1. The van der Waals surface area contributed by atoms with Crippen molar-refractivity contribution in [3.8, 4) is 11.1 Å². The summed E-state index contributed by atoms with van der Waals surface area (Å²) in [6, 6.07) is 13.8. The summed E-state index contributed by atoms with van der Waals surface area (Å²) < 4.78 is 5.17. The molecule has 2 rings (SSSR count). The van der Waals surface area contributed by atoms with Crippen molar-refractivity contribution in [1.82, 2.24) is 0 Å². The fraction of sp³-hybridized carbons (Fsp3) is 0.435. The predicted molar refractivity (Wildman–Crippen MR) is 111 cm³/mol. The van der Waals surface area contributed by atoms with Gasteiger partial charge in [0.1, 0.15) is 0 Å². The summed E-state index contributed by atoms with van der Waals surface area (Å²) >= 11 is 0. The van der Waals surface area contributed by atoms with Crippen LogP contribution in [-0.2, 0) is 4.74 Å². The number of hydrogen-bond acceptors (Lipinski definition) is 3. The second kappa shape index (κ2) is 14.1. The number of carbonyl (C=O) groups excluding carboxylic acids is 1. The SMILES string of the molecule is CC.CC.Cc1ccc(-c2ccc(C(=O)OCCCCO)cc2)c(C)c1. The van der Waals surface area contributed by atoms with E-state index in [1.54, 1.807) is 12.1 Å². The Kier molecular flexibility index (Phi) is 12.9. The molecule has 3 heteroatoms. The van der Waals surface area contributed by atoms with E-state index in [0.29, 0.717) is 25.0 Å². The Morgan fingerprint density at radius 2 is 1.54 bits per heavy atom. The van der Waals surface area contributed by atoms with Crippen molar-refractivity contribution in [3.63, 3.8) is 0 Å². The first-order valence-electron chi connectivity index (χ1n) is 9.57. The molecular weight excluding hydrogens is 324 g/mol. The minimum absolute atomic E-state index is 0.127. The lowest BCUT2D eigenvalue weighted by Crippen LogP contribution is -2.06. The van der Waals surface area contributed by atoms with E-state index in [2.05, 4.69) is 32.0 Å². The van der Waals surface area contributed by atoms with Crippen LogP contribution in [-0.4, -0.2) is 24.3 Å². The Morgan fingerprint density at radius 3 is 2.08 bits per heavy atom. The smallest absolute Gasteiger partial charge is 0.338 e. The van der Waals surface area contributed by atoms with Gasteiger partial charge in [-0.1, -0.05) is 63.6 Å². The number of aryl methyl sites for hydroxylation is 2. The first-order valence-corrected chi connectivity index (χ1v) is 9.57. The molecule has 0 atom stereocenters. The molecule has 0 radical (unpaired) electrons. The van der Waals surface area contributed by atoms with Gasteiger partial charge in [0.05, 0.1) is 12.2 Å². The molecule has 0 spiro atoms. The van der Waals surface area contributed by atoms with Crippen LogP contribution in [0.2, 0.25) is 0 Å². The Balaban J connectivity index is 0.00000146. The molecule has 0 bridgehead atoms. The van der Waals surface area contributed by atoms with Crippen LogP contribution in [0.15, 0.2) is 42.5 Å². The Bertz CT molecular complexity index is 630. The third-order valence-electron chi connectivity index (χ3n) is 3.60. The van der Waals surface area contributed by atoms with Crippen LogP contribution in [0.25, 0.3) is 11.1 Å². The number of hydrogen-bond donors (Lipinski definition) is 1. The van der Waals surface area contributed by atoms with Gasteiger partial charge in [0.15, 0.2) is 0 Å². The van der Waals surface area contributed by atoms with Crippen molar-refractivity contribution < 1.29 is 14.6 Å². The van der Waals surface area contributed by atoms with Crippen LogP contribution >= 0.6 is 0 Å². The highest BCUT2D eigenvalue weighted by atomic mass is 16.5. The second-order valence-corrected chi connectivity index (χ2v) is 5.46. The molecule has 0 aliphatic carbocycles. The quantitative estimate of drug-likeness (QED) is 0.512. The highest BCUT2D eigenvalue weighted by Gasteiger charge is 2.08. The predicted octanol–water partition coefficient (Wildman–Crippen LogP) is 5.95. The molecule has 0 aliphatic heterocycles. The number of benzene rings is 2. The summed E-state index contributed by atoms with van der Waals surface area (Å²) in [5.41, 5.74) is 5.28. The summed E-state index contributed by atoms with van der Waals surface area (Å²) in [6.45, 7) is 12.6. The first kappa shape index (κ1) is 23.9. The van der Waals surface area contributed by atoms with E-state index in [0.717, 1.165) is 5.56 Å². The van der Waals surface area contributed by atoms with Crippen LogP contribution in [0.3, 0.4) is 0 Å². The van der Waals surface area contributed by atoms with Crippen molar-refractivity contribution in [2.75, 3.05) is 13.2 Å². The number of aliphatic hydroxyl groups excluding tert-OH is 1. The van der Waals surface area contributed by atoms with E-state index in [4.69, 9.17) is 9.84 Å². The molecule has 0 heterocycles. The van der Waals surface area contributed by atoms with Crippen LogP contribution in [0.5, 0.6) is 0 Å². The van der Waals surface area contributed by atoms with Gasteiger partial charge >= 0.3 is 5.97 Å². The normalized spacial score (nSPS) is 9.35. The third-order valence-corrected chi connectivity index (χ3v) is 3.60. The summed E-state index contributed by atoms with van der Waals surface area (Å²) in [6.07, 6.45) is 1.34. The maximum atomic E-state index is 11.9. The van der Waals surface area contributed by atoms with Crippen LogP contribution in [0.4, 0.5) is 0 Å². The minimum Gasteiger partial charge on any atom is -0.462 e. The molecule has 0 aliphatic rings. The Hall–Kier alpha value is -2.13. The molecule has 0 aromatic heterocycles. The van der Waals surface area contributed by atoms with Crippen molar-refractivity contribution in [2.45, 2.75) is 54.4 Å². The molecule has 2 aromatic rings. The topological polar surface area (TPSA) is 46.5 Å². The molecule has 3 nitrogen and oxygen atoms in total. The van der Waals surface area contributed by atoms with Crippen molar-refractivity contribution in [3.05, 3.63) is 59.2 Å². The van der Waals surface area contributed by atoms with Gasteiger partial charge in [-0.15, -0.1) is 0 Å². The van der Waals surface area contributed by atoms with E-state index in [-0.39, 0.29) is 12.6 Å². The van der Waals surface area contributed by atoms with Gasteiger partial charge in [0.2, 0.25) is 0 Å². The Morgan fingerprint density at radius 1 is 0.923 bits per heavy atom. The van der Waals surface area contributed by atoms with Crippen LogP contribution < -0.4 is 0 Å². The van der Waals surface area contributed by atoms with E-state index in [9.17, 15) is 4.79 Å². The fourth-order valence-electron chi connectivity index (χ4n) is 2.39. The summed E-state index contributed by atoms with van der Waals surface area (Å²) in [5.74, 6) is -0.315. The molecule has 26 heavy (non-hydrogen) atoms. The molecule has 0 unspecified atom stereocenters. The molecule has 1 N–H and O–H groups in total. The number of esters is 1. The largest absolute Gasteiger partial charge is 0.462 e. The molecule has 0 amide bonds. The van der Waals surface area contributed by atoms with Gasteiger partial charge < -0.3 is 9.84 Å². The first-order chi connectivity index (χ1) is 12.6. The lowest BCUT2D eigenvalue weighted by atomic mass is 9.98. The standard InChI is InChI=1S/C19H22O3.2C2H6/c1-14-5-10-18(15(2)13-14)16-6-8-17(9-7-16)19(21)22-12-4-3-11-20;2*1-2/h5-10,13,20H,3-4,11-12H2,1-2H3;2*1-2H3. The molecule has 144 valence electrons. The number of ether oxygens (including phenoxy) is 1. The zero-order valence-corrected chi connectivity index (χ0v) is 17.1. The number of rotatable bonds is 6. The van der Waals surface area contributed by atoms with E-state index in [1.807, 2.05) is 39.8 Å². The maximum Gasteiger partial charge on any atom is 0.338 e. The van der Waals surface area contributed by atoms with Gasteiger partial charge in [-0.05, 0) is 55.5 Å². The number of aliphatic hydroxyl groups is 1. The molecule has 2 aromatic carbocycles. The average molecular weight is 359 g/mol. The maximum absolute atomic E-state index is 11.9. The second-order valence-electron chi connectivity index (χ2n) is 5.46. The number of unbranched alkanes of at least 4 members (excludes halogenated alkanes) is 1. The Labute approximate surface area is 159 Å². The van der Waals surface area contributed by atoms with Crippen LogP contribution in [0, 0.1) is 13.8 Å². The van der Waals surface area contributed by atoms with E-state index in [1.165, 1.54) is 16.7 Å². The van der Waals surface area contributed by atoms with Crippen molar-refractivity contribution in [1.29, 1.82) is 0 Å². The lowest BCUT2D eigenvalue weighted by molar-refractivity contribution is 0.0492. The highest BCUT2D eigenvalue weighted by Crippen LogP contribution is 2.24. The monoisotopic (exact) mass is 358 g/mol. The minimum atomic E-state index is -0.315. The number of carbonyl (C=O) groups is 1. The van der Waals surface area contributed by atoms with Crippen molar-refractivity contribution in [2.24, 2.45) is 0 Å². The molecule has 0 fully saturated rings. The van der Waals surface area contributed by atoms with Crippen LogP contribution in [0.1, 0.15) is 62.0 Å². The van der Waals surface area contributed by atoms with Crippen molar-refractivity contribution >= 4 is 5.97 Å². The molecule has 0 saturated carbocycles. The summed E-state index contributed by atoms with van der Waals surface area (Å²) in [4.78, 5) is 11.9. The van der Waals surface area contributed by atoms with E-state index < -0.39 is 0 Å². The highest BCUT2D eigenvalue weighted by molar-refractivity contribution is 5.90. The van der Waals surface area contributed by atoms with Gasteiger partial charge in [-0.3, -0.25) is 0 Å². The molecule has 0 saturated heterocycles. The molecular formula is C23H34O3. The third kappa shape index (κ3) is 7.83. The summed E-state index contributed by atoms with van der Waals surface area (Å²) in [5, 5.41) is 8.69. The van der Waals surface area contributed by atoms with Gasteiger partial charge in [0, 0.05) is 6.61 Å². The average Bonchev–Trinajstić information content (AvgIpc) is 2.68. The van der Waals surface area contributed by atoms with E-state index >= 15 is 0 Å². The van der Waals surface area contributed by atoms with Gasteiger partial charge in [-0.25, -0.2) is 4.79 Å². The van der Waals surface area contributed by atoms with Gasteiger partial charge in [-0.2, -0.15) is 0 Å². The lowest BCUT2D eigenvalue weighted by Gasteiger charge is -2.08. The fourth-order valence-corrected chi connectivity index (χ4v) is 2.39.